The molecule has 5 aromatic rings. The van der Waals surface area contributed by atoms with Crippen molar-refractivity contribution in [2.45, 2.75) is 151 Å². The first-order valence-electron chi connectivity index (χ1n) is 31.5. The van der Waals surface area contributed by atoms with Gasteiger partial charge in [-0.3, -0.25) is 43.7 Å². The number of aliphatic hydroxyl groups excluding tert-OH is 1. The number of allylic oxidation sites excluding steroid dienone is 1. The number of carbonyl (C=O) groups is 8. The van der Waals surface area contributed by atoms with Crippen LogP contribution in [0.15, 0.2) is 109 Å². The Morgan fingerprint density at radius 2 is 1.44 bits per heavy atom. The summed E-state index contributed by atoms with van der Waals surface area (Å²) in [6.07, 6.45) is 4.03. The first kappa shape index (κ1) is 70.9. The Morgan fingerprint density at radius 3 is 2.18 bits per heavy atom. The van der Waals surface area contributed by atoms with E-state index in [1.54, 1.807) is 111 Å². The molecule has 8 rings (SSSR count). The van der Waals surface area contributed by atoms with Gasteiger partial charge in [0.2, 0.25) is 47.3 Å². The lowest BCUT2D eigenvalue weighted by molar-refractivity contribution is -0.147. The standard InChI is InChI=1S/C68H87FN10O12S2/c1-41-60(81)73-42(2)61(82)74-54-35-45-14-12-17-51(33-45)91-29-10-8-9-18-57(78(5)65(86)56(75-62(54)83)36-48-38-71-53-24-21-49(69)37-52(48)53)63(84)77-59(43(3)89-6)64(85)76-55(34-44-19-22-50(90-7)23-20-44)66(87)79-28-13-26-68(79,4)67(88)70-27-31-93-40-47-16-11-15-46(32-47)39-92-30-25-58(80)72-41/h8,10-12,14-17,19-24,32-33,37-38,41-43,54-59,71-72,80H,9,13,18,25-31,34-36,39-40H2,1-7H3,(H,70,88)(H,73,81)(H,74,82)(H,75,83)(H,76,85)(H,77,84)/b10-8-/t41-,42+,43+,54-,55-,56-,57-,58?,59-,68-/m0/s1. The van der Waals surface area contributed by atoms with Crippen molar-refractivity contribution in [3.05, 3.63) is 143 Å². The number of aliphatic hydroxyl groups is 1. The van der Waals surface area contributed by atoms with Crippen LogP contribution in [0.4, 0.5) is 4.39 Å². The number of fused-ring (bicyclic) bond motifs is 12. The summed E-state index contributed by atoms with van der Waals surface area (Å²) >= 11 is 3.27. The van der Waals surface area contributed by atoms with Crippen molar-refractivity contribution in [1.29, 1.82) is 0 Å². The van der Waals surface area contributed by atoms with Crippen LogP contribution in [0.1, 0.15) is 87.6 Å². The zero-order valence-electron chi connectivity index (χ0n) is 53.7. The second kappa shape index (κ2) is 33.7. The van der Waals surface area contributed by atoms with Crippen LogP contribution >= 0.6 is 23.5 Å². The molecule has 1 aromatic heterocycles. The van der Waals surface area contributed by atoms with Gasteiger partial charge in [0.25, 0.3) is 0 Å². The number of amides is 8. The molecule has 4 aromatic carbocycles. The number of rotatable bonds is 7. The maximum Gasteiger partial charge on any atom is 0.246 e. The first-order valence-corrected chi connectivity index (χ1v) is 33.8. The number of ether oxygens (including phenoxy) is 3. The molecule has 4 heterocycles. The number of nitrogens with one attached hydrogen (secondary N) is 8. The minimum atomic E-state index is -1.49. The molecule has 3 aliphatic rings. The number of benzene rings is 4. The van der Waals surface area contributed by atoms with E-state index in [0.717, 1.165) is 11.1 Å². The van der Waals surface area contributed by atoms with Gasteiger partial charge in [0, 0.05) is 80.9 Å². The van der Waals surface area contributed by atoms with Gasteiger partial charge >= 0.3 is 0 Å². The van der Waals surface area contributed by atoms with Gasteiger partial charge in [0.1, 0.15) is 71.9 Å². The lowest BCUT2D eigenvalue weighted by Crippen LogP contribution is -2.63. The van der Waals surface area contributed by atoms with Crippen molar-refractivity contribution in [2.75, 3.05) is 52.5 Å². The van der Waals surface area contributed by atoms with Crippen LogP contribution in [0.25, 0.3) is 10.9 Å². The highest BCUT2D eigenvalue weighted by molar-refractivity contribution is 7.98. The van der Waals surface area contributed by atoms with E-state index in [9.17, 15) is 23.9 Å². The molecule has 0 radical (unpaired) electrons. The summed E-state index contributed by atoms with van der Waals surface area (Å²) in [6.45, 7) is 6.94. The molecule has 3 aliphatic heterocycles. The fourth-order valence-corrected chi connectivity index (χ4v) is 13.4. The Bertz CT molecular complexity index is 3470. The number of thioether (sulfide) groups is 2. The van der Waals surface area contributed by atoms with Crippen molar-refractivity contribution in [2.24, 2.45) is 0 Å². The van der Waals surface area contributed by atoms with E-state index in [2.05, 4.69) is 48.3 Å². The van der Waals surface area contributed by atoms with Gasteiger partial charge in [0.05, 0.1) is 19.3 Å². The Balaban J connectivity index is 1.14. The fraction of sp³-hybridized carbons (Fsp3) is 0.471. The molecule has 22 nitrogen and oxygen atoms in total. The number of carbonyl (C=O) groups excluding carboxylic acids is 8. The van der Waals surface area contributed by atoms with Crippen LogP contribution in [0.2, 0.25) is 0 Å². The molecule has 500 valence electrons. The summed E-state index contributed by atoms with van der Waals surface area (Å²) in [4.78, 5) is 124. The lowest BCUT2D eigenvalue weighted by atomic mass is 9.95. The van der Waals surface area contributed by atoms with Gasteiger partial charge in [-0.05, 0) is 136 Å². The maximum atomic E-state index is 15.5. The van der Waals surface area contributed by atoms with Gasteiger partial charge in [-0.15, -0.1) is 0 Å². The highest BCUT2D eigenvalue weighted by Crippen LogP contribution is 2.31. The van der Waals surface area contributed by atoms with Crippen molar-refractivity contribution < 1.29 is 62.1 Å². The molecule has 1 unspecified atom stereocenters. The number of hydrogen-bond donors (Lipinski definition) is 9. The molecular formula is C68H87FN10O12S2. The van der Waals surface area contributed by atoms with Crippen LogP contribution in [-0.4, -0.2) is 180 Å². The van der Waals surface area contributed by atoms with Crippen LogP contribution in [0.3, 0.4) is 0 Å². The Hall–Kier alpha value is -7.97. The van der Waals surface area contributed by atoms with E-state index in [0.29, 0.717) is 87.9 Å². The third kappa shape index (κ3) is 19.3. The Morgan fingerprint density at radius 1 is 0.742 bits per heavy atom. The van der Waals surface area contributed by atoms with E-state index in [1.807, 2.05) is 18.2 Å². The third-order valence-electron chi connectivity index (χ3n) is 17.2. The smallest absolute Gasteiger partial charge is 0.246 e. The largest absolute Gasteiger partial charge is 0.497 e. The van der Waals surface area contributed by atoms with Gasteiger partial charge in [-0.2, -0.15) is 23.5 Å². The van der Waals surface area contributed by atoms with Gasteiger partial charge in [-0.25, -0.2) is 4.39 Å². The molecule has 0 saturated carbocycles. The average molecular weight is 1320 g/mol. The van der Waals surface area contributed by atoms with Crippen molar-refractivity contribution in [3.63, 3.8) is 0 Å². The lowest BCUT2D eigenvalue weighted by Gasteiger charge is -2.37. The maximum absolute atomic E-state index is 15.5. The Kier molecular flexibility index (Phi) is 25.7. The number of methoxy groups -OCH3 is 2. The summed E-state index contributed by atoms with van der Waals surface area (Å²) in [5.74, 6) is -2.43. The van der Waals surface area contributed by atoms with Crippen molar-refractivity contribution >= 4 is 81.7 Å². The van der Waals surface area contributed by atoms with Crippen LogP contribution in [0.5, 0.6) is 11.5 Å². The molecule has 1 fully saturated rings. The zero-order chi connectivity index (χ0) is 66.8. The van der Waals surface area contributed by atoms with Gasteiger partial charge in [0.15, 0.2) is 0 Å². The number of likely N-dealkylation sites (N-methyl/N-ethyl adjacent to an activating group) is 1. The molecule has 0 spiro atoms. The fourth-order valence-electron chi connectivity index (χ4n) is 11.6. The predicted molar refractivity (Wildman–Crippen MR) is 355 cm³/mol. The summed E-state index contributed by atoms with van der Waals surface area (Å²) in [5.41, 5.74) is 3.11. The first-order chi connectivity index (χ1) is 44.6. The second-order valence-electron chi connectivity index (χ2n) is 24.0. The molecule has 9 N–H and O–H groups in total. The van der Waals surface area contributed by atoms with Crippen LogP contribution in [0, 0.1) is 5.82 Å². The summed E-state index contributed by atoms with van der Waals surface area (Å²) < 4.78 is 32.2. The van der Waals surface area contributed by atoms with E-state index in [1.165, 1.54) is 56.2 Å². The summed E-state index contributed by atoms with van der Waals surface area (Å²) in [7, 11) is 4.28. The topological polar surface area (TPSA) is 291 Å². The van der Waals surface area contributed by atoms with Crippen molar-refractivity contribution in [3.8, 4) is 11.5 Å². The molecule has 8 amide bonds. The van der Waals surface area contributed by atoms with E-state index < -0.39 is 107 Å². The molecule has 10 atom stereocenters. The predicted octanol–water partition coefficient (Wildman–Crippen LogP) is 4.74. The van der Waals surface area contributed by atoms with Crippen LogP contribution < -0.4 is 46.7 Å². The third-order valence-corrected chi connectivity index (χ3v) is 19.3. The highest BCUT2D eigenvalue weighted by atomic mass is 32.2. The summed E-state index contributed by atoms with van der Waals surface area (Å²) in [6, 6.07) is 17.1. The SMILES string of the molecule is COc1ccc(C[C@@H]2NC(=O)[C@H]([C@@H](C)OC)NC(=O)[C@@H]3CC/C=C\COc4cccc(c4)C[C@H](NC(=O)[C@@H](C)NC(=O)[C@H](C)NC(O)CCSCc4cccc(c4)CSCCNC(=O)[C@]4(C)CCCN4C2=O)C(=O)N[C@@H](Cc2c[nH]c4ccc(F)cc24)C(=O)N3C)cc1. The van der Waals surface area contributed by atoms with Crippen LogP contribution in [-0.2, 0) is 73.9 Å². The van der Waals surface area contributed by atoms with E-state index in [4.69, 9.17) is 14.2 Å². The number of aromatic nitrogens is 1. The molecule has 0 aliphatic carbocycles. The number of aromatic amines is 1. The number of hydrogen-bond acceptors (Lipinski definition) is 15. The minimum Gasteiger partial charge on any atom is -0.497 e. The van der Waals surface area contributed by atoms with Gasteiger partial charge < -0.3 is 66.0 Å². The average Bonchev–Trinajstić information content (AvgIpc) is 1.72. The molecular weight excluding hydrogens is 1230 g/mol. The molecule has 1 saturated heterocycles. The highest BCUT2D eigenvalue weighted by Gasteiger charge is 2.48. The van der Waals surface area contributed by atoms with E-state index >= 15 is 24.0 Å². The van der Waals surface area contributed by atoms with Gasteiger partial charge in [-0.1, -0.05) is 60.7 Å². The summed E-state index contributed by atoms with van der Waals surface area (Å²) in [5, 5.41) is 31.5. The minimum absolute atomic E-state index is 0.0153. The zero-order valence-corrected chi connectivity index (χ0v) is 55.4. The quantitative estimate of drug-likeness (QED) is 0.0995. The number of halogens is 1. The Labute approximate surface area is 550 Å². The van der Waals surface area contributed by atoms with E-state index in [-0.39, 0.29) is 51.2 Å². The number of H-pyrrole nitrogens is 1. The molecule has 25 heteroatoms. The normalized spacial score (nSPS) is 26.2. The second-order valence-corrected chi connectivity index (χ2v) is 26.2. The monoisotopic (exact) mass is 1320 g/mol. The molecule has 93 heavy (non-hydrogen) atoms. The molecule has 6 bridgehead atoms. The number of nitrogens with zero attached hydrogens (tertiary/aromatic N) is 2. The van der Waals surface area contributed by atoms with Crippen molar-refractivity contribution in [1.82, 2.24) is 52.0 Å².